The van der Waals surface area contributed by atoms with Gasteiger partial charge in [-0.2, -0.15) is 0 Å². The van der Waals surface area contributed by atoms with Crippen molar-refractivity contribution in [1.82, 2.24) is 15.0 Å². The van der Waals surface area contributed by atoms with Gasteiger partial charge in [0.2, 0.25) is 0 Å². The highest BCUT2D eigenvalue weighted by atomic mass is 16.5. The maximum absolute atomic E-state index is 13.5. The topological polar surface area (TPSA) is 126 Å². The van der Waals surface area contributed by atoms with Crippen molar-refractivity contribution in [3.8, 4) is 11.5 Å². The van der Waals surface area contributed by atoms with Crippen LogP contribution >= 0.6 is 0 Å². The number of aryl methyl sites for hydroxylation is 1. The summed E-state index contributed by atoms with van der Waals surface area (Å²) in [7, 11) is 0. The number of ketones is 1. The maximum Gasteiger partial charge on any atom is 0.332 e. The predicted octanol–water partition coefficient (Wildman–Crippen LogP) is 4.33. The highest BCUT2D eigenvalue weighted by Crippen LogP contribution is 2.30. The van der Waals surface area contributed by atoms with E-state index in [1.54, 1.807) is 18.3 Å². The molecule has 5 rings (SSSR count). The molecule has 178 valence electrons. The zero-order chi connectivity index (χ0) is 24.4. The Morgan fingerprint density at radius 2 is 1.91 bits per heavy atom. The molecule has 1 aliphatic heterocycles. The van der Waals surface area contributed by atoms with Crippen molar-refractivity contribution >= 4 is 28.6 Å². The normalized spacial score (nSPS) is 17.7. The number of carbonyl (C=O) groups is 2. The maximum atomic E-state index is 13.5. The van der Waals surface area contributed by atoms with Gasteiger partial charge >= 0.3 is 5.97 Å². The number of anilines is 1. The van der Waals surface area contributed by atoms with Gasteiger partial charge in [0.15, 0.2) is 11.9 Å². The standard InChI is InChI=1S/C26H24N4O5/c1-15-11-18(35-17-5-3-2-4-6-17)8-9-19(15)23(31)20-12-27-24-22(20)25(29-14-28-24)30-16-7-10-21(26(32)33)34-13-16/h2-6,8-9,11-12,14,16,21H,7,10,13H2,1H3,(H,32,33)(H2,27,28,29,30)/t16-,21+/m1/s1. The molecule has 9 nitrogen and oxygen atoms in total. The van der Waals surface area contributed by atoms with Crippen LogP contribution in [0.1, 0.15) is 34.3 Å². The zero-order valence-corrected chi connectivity index (χ0v) is 19.0. The van der Waals surface area contributed by atoms with E-state index in [1.807, 2.05) is 43.3 Å². The van der Waals surface area contributed by atoms with Gasteiger partial charge in [-0.05, 0) is 55.7 Å². The smallest absolute Gasteiger partial charge is 0.332 e. The number of hydrogen-bond donors (Lipinski definition) is 3. The number of H-pyrrole nitrogens is 1. The summed E-state index contributed by atoms with van der Waals surface area (Å²) in [5, 5.41) is 13.0. The average Bonchev–Trinajstić information content (AvgIpc) is 3.30. The Labute approximate surface area is 201 Å². The second kappa shape index (κ2) is 9.55. The van der Waals surface area contributed by atoms with E-state index in [4.69, 9.17) is 14.6 Å². The van der Waals surface area contributed by atoms with Gasteiger partial charge in [0, 0.05) is 11.8 Å². The van der Waals surface area contributed by atoms with Crippen LogP contribution in [0.15, 0.2) is 61.1 Å². The lowest BCUT2D eigenvalue weighted by Crippen LogP contribution is -2.38. The molecule has 1 saturated heterocycles. The van der Waals surface area contributed by atoms with Crippen LogP contribution in [-0.2, 0) is 9.53 Å². The summed E-state index contributed by atoms with van der Waals surface area (Å²) in [6.07, 6.45) is 3.27. The molecule has 35 heavy (non-hydrogen) atoms. The molecule has 0 radical (unpaired) electrons. The van der Waals surface area contributed by atoms with Crippen molar-refractivity contribution in [1.29, 1.82) is 0 Å². The van der Waals surface area contributed by atoms with Crippen LogP contribution in [0.2, 0.25) is 0 Å². The molecule has 9 heteroatoms. The van der Waals surface area contributed by atoms with Crippen LogP contribution in [0.4, 0.5) is 5.82 Å². The summed E-state index contributed by atoms with van der Waals surface area (Å²) >= 11 is 0. The highest BCUT2D eigenvalue weighted by Gasteiger charge is 2.28. The molecule has 0 unspecified atom stereocenters. The van der Waals surface area contributed by atoms with Gasteiger partial charge in [0.05, 0.1) is 23.6 Å². The molecule has 0 bridgehead atoms. The third-order valence-electron chi connectivity index (χ3n) is 6.03. The number of rotatable bonds is 7. The van der Waals surface area contributed by atoms with Crippen molar-refractivity contribution in [2.24, 2.45) is 0 Å². The Balaban J connectivity index is 1.39. The number of para-hydroxylation sites is 1. The summed E-state index contributed by atoms with van der Waals surface area (Å²) in [6.45, 7) is 2.10. The second-order valence-electron chi connectivity index (χ2n) is 8.45. The highest BCUT2D eigenvalue weighted by molar-refractivity contribution is 6.18. The number of nitrogens with zero attached hydrogens (tertiary/aromatic N) is 2. The van der Waals surface area contributed by atoms with Crippen molar-refractivity contribution in [3.05, 3.63) is 77.7 Å². The van der Waals surface area contributed by atoms with E-state index in [1.165, 1.54) is 6.33 Å². The summed E-state index contributed by atoms with van der Waals surface area (Å²) < 4.78 is 11.3. The summed E-state index contributed by atoms with van der Waals surface area (Å²) in [5.41, 5.74) is 2.31. The van der Waals surface area contributed by atoms with Crippen molar-refractivity contribution < 1.29 is 24.2 Å². The van der Waals surface area contributed by atoms with E-state index >= 15 is 0 Å². The SMILES string of the molecule is Cc1cc(Oc2ccccc2)ccc1C(=O)c1c[nH]c2ncnc(N[C@@H]3CC[C@@H](C(=O)O)OC3)c12. The molecule has 4 aromatic rings. The Kier molecular flexibility index (Phi) is 6.15. The molecule has 0 spiro atoms. The second-order valence-corrected chi connectivity index (χ2v) is 8.45. The molecule has 0 aliphatic carbocycles. The molecule has 1 fully saturated rings. The first-order chi connectivity index (χ1) is 17.0. The lowest BCUT2D eigenvalue weighted by Gasteiger charge is -2.27. The first-order valence-corrected chi connectivity index (χ1v) is 11.3. The number of fused-ring (bicyclic) bond motifs is 1. The van der Waals surface area contributed by atoms with E-state index in [9.17, 15) is 9.59 Å². The molecule has 1 aliphatic rings. The molecule has 3 heterocycles. The van der Waals surface area contributed by atoms with Gasteiger partial charge in [0.1, 0.15) is 29.3 Å². The molecular weight excluding hydrogens is 448 g/mol. The lowest BCUT2D eigenvalue weighted by atomic mass is 9.98. The van der Waals surface area contributed by atoms with E-state index in [2.05, 4.69) is 20.3 Å². The van der Waals surface area contributed by atoms with Gasteiger partial charge in [-0.3, -0.25) is 4.79 Å². The summed E-state index contributed by atoms with van der Waals surface area (Å²) in [6, 6.07) is 14.7. The number of aliphatic carboxylic acids is 1. The fraction of sp³-hybridized carbons (Fsp3) is 0.231. The van der Waals surface area contributed by atoms with E-state index in [-0.39, 0.29) is 18.4 Å². The van der Waals surface area contributed by atoms with Crippen molar-refractivity contribution in [2.75, 3.05) is 11.9 Å². The van der Waals surface area contributed by atoms with Gasteiger partial charge in [-0.15, -0.1) is 0 Å². The largest absolute Gasteiger partial charge is 0.479 e. The van der Waals surface area contributed by atoms with Crippen molar-refractivity contribution in [2.45, 2.75) is 31.9 Å². The minimum atomic E-state index is -0.957. The minimum Gasteiger partial charge on any atom is -0.479 e. The van der Waals surface area contributed by atoms with Crippen LogP contribution in [0.5, 0.6) is 11.5 Å². The third-order valence-corrected chi connectivity index (χ3v) is 6.03. The molecule has 0 amide bonds. The first kappa shape index (κ1) is 22.5. The fourth-order valence-corrected chi connectivity index (χ4v) is 4.23. The molecule has 2 aromatic carbocycles. The number of nitrogens with one attached hydrogen (secondary N) is 2. The van der Waals surface area contributed by atoms with E-state index < -0.39 is 12.1 Å². The monoisotopic (exact) mass is 472 g/mol. The number of aromatic amines is 1. The van der Waals surface area contributed by atoms with Gasteiger partial charge < -0.3 is 24.9 Å². The Morgan fingerprint density at radius 1 is 1.09 bits per heavy atom. The van der Waals surface area contributed by atoms with Gasteiger partial charge in [-0.1, -0.05) is 18.2 Å². The fourth-order valence-electron chi connectivity index (χ4n) is 4.23. The Morgan fingerprint density at radius 3 is 2.63 bits per heavy atom. The Bertz CT molecular complexity index is 1380. The molecular formula is C26H24N4O5. The van der Waals surface area contributed by atoms with E-state index in [0.717, 1.165) is 11.3 Å². The number of carbonyl (C=O) groups excluding carboxylic acids is 1. The van der Waals surface area contributed by atoms with E-state index in [0.29, 0.717) is 46.6 Å². The lowest BCUT2D eigenvalue weighted by molar-refractivity contribution is -0.153. The summed E-state index contributed by atoms with van der Waals surface area (Å²) in [4.78, 5) is 36.4. The number of hydrogen-bond acceptors (Lipinski definition) is 7. The quantitative estimate of drug-likeness (QED) is 0.339. The number of benzene rings is 2. The number of carboxylic acids is 1. The van der Waals surface area contributed by atoms with Crippen LogP contribution < -0.4 is 10.1 Å². The molecule has 2 atom stereocenters. The molecule has 3 N–H and O–H groups in total. The number of carboxylic acid groups (broad SMARTS) is 1. The van der Waals surface area contributed by atoms with Crippen LogP contribution in [0.3, 0.4) is 0 Å². The van der Waals surface area contributed by atoms with Crippen LogP contribution in [0.25, 0.3) is 11.0 Å². The average molecular weight is 473 g/mol. The Hall–Kier alpha value is -4.24. The first-order valence-electron chi connectivity index (χ1n) is 11.3. The third kappa shape index (κ3) is 4.71. The van der Waals surface area contributed by atoms with Gasteiger partial charge in [0.25, 0.3) is 0 Å². The number of ether oxygens (including phenoxy) is 2. The van der Waals surface area contributed by atoms with Crippen molar-refractivity contribution in [3.63, 3.8) is 0 Å². The molecule has 2 aromatic heterocycles. The minimum absolute atomic E-state index is 0.127. The molecule has 0 saturated carbocycles. The summed E-state index contributed by atoms with van der Waals surface area (Å²) in [5.74, 6) is 0.748. The van der Waals surface area contributed by atoms with Crippen LogP contribution in [0, 0.1) is 6.92 Å². The predicted molar refractivity (Wildman–Crippen MR) is 129 cm³/mol. The van der Waals surface area contributed by atoms with Crippen LogP contribution in [-0.4, -0.2) is 50.6 Å². The zero-order valence-electron chi connectivity index (χ0n) is 19.0. The number of aromatic nitrogens is 3. The van der Waals surface area contributed by atoms with Gasteiger partial charge in [-0.25, -0.2) is 14.8 Å².